The van der Waals surface area contributed by atoms with Crippen molar-refractivity contribution < 1.29 is 4.79 Å². The first kappa shape index (κ1) is 16.2. The third kappa shape index (κ3) is 4.67. The van der Waals surface area contributed by atoms with Gasteiger partial charge in [0.1, 0.15) is 0 Å². The molecule has 0 fully saturated rings. The van der Waals surface area contributed by atoms with Crippen molar-refractivity contribution in [1.82, 2.24) is 0 Å². The van der Waals surface area contributed by atoms with Crippen molar-refractivity contribution in [3.8, 4) is 0 Å². The van der Waals surface area contributed by atoms with Gasteiger partial charge in [0.05, 0.1) is 5.25 Å². The highest BCUT2D eigenvalue weighted by Crippen LogP contribution is 2.26. The molecule has 0 aliphatic rings. The molecule has 0 radical (unpaired) electrons. The fraction of sp³-hybridized carbons (Fsp3) is 0.188. The van der Waals surface area contributed by atoms with Crippen LogP contribution < -0.4 is 5.32 Å². The first-order chi connectivity index (χ1) is 9.95. The number of carbonyl (C=O) groups excluding carboxylic acids is 1. The highest BCUT2D eigenvalue weighted by atomic mass is 35.5. The lowest BCUT2D eigenvalue weighted by Crippen LogP contribution is -2.22. The molecule has 1 unspecified atom stereocenters. The quantitative estimate of drug-likeness (QED) is 0.753. The van der Waals surface area contributed by atoms with E-state index in [1.165, 1.54) is 11.8 Å². The summed E-state index contributed by atoms with van der Waals surface area (Å²) in [5.41, 5.74) is 1.73. The molecule has 21 heavy (non-hydrogen) atoms. The summed E-state index contributed by atoms with van der Waals surface area (Å²) in [6.07, 6.45) is 0. The van der Waals surface area contributed by atoms with E-state index in [2.05, 4.69) is 5.32 Å². The zero-order chi connectivity index (χ0) is 15.4. The second-order valence-corrected chi connectivity index (χ2v) is 6.95. The van der Waals surface area contributed by atoms with Crippen LogP contribution in [0, 0.1) is 6.92 Å². The molecule has 5 heteroatoms. The average molecular weight is 340 g/mol. The molecule has 0 saturated heterocycles. The molecule has 0 aliphatic carbocycles. The highest BCUT2D eigenvalue weighted by molar-refractivity contribution is 8.00. The number of thioether (sulfide) groups is 1. The predicted octanol–water partition coefficient (Wildman–Crippen LogP) is 5.42. The van der Waals surface area contributed by atoms with Gasteiger partial charge in [-0.25, -0.2) is 0 Å². The van der Waals surface area contributed by atoms with Gasteiger partial charge in [-0.1, -0.05) is 23.2 Å². The van der Waals surface area contributed by atoms with Crippen molar-refractivity contribution in [3.05, 3.63) is 58.1 Å². The monoisotopic (exact) mass is 339 g/mol. The second kappa shape index (κ2) is 7.21. The van der Waals surface area contributed by atoms with E-state index in [0.29, 0.717) is 10.0 Å². The maximum absolute atomic E-state index is 12.2. The molecule has 2 nitrogen and oxygen atoms in total. The van der Waals surface area contributed by atoms with E-state index in [1.54, 1.807) is 6.07 Å². The Morgan fingerprint density at radius 3 is 2.33 bits per heavy atom. The van der Waals surface area contributed by atoms with Gasteiger partial charge in [-0.15, -0.1) is 11.8 Å². The van der Waals surface area contributed by atoms with Gasteiger partial charge in [0, 0.05) is 20.6 Å². The van der Waals surface area contributed by atoms with E-state index in [-0.39, 0.29) is 11.2 Å². The van der Waals surface area contributed by atoms with Crippen molar-refractivity contribution in [3.63, 3.8) is 0 Å². The van der Waals surface area contributed by atoms with Gasteiger partial charge in [0.2, 0.25) is 5.91 Å². The van der Waals surface area contributed by atoms with Gasteiger partial charge in [-0.05, 0) is 61.9 Å². The standard InChI is InChI=1S/C16H15Cl2NOS/c1-10-9-13(18)5-8-15(10)19-16(20)11(2)21-14-6-3-12(17)4-7-14/h3-9,11H,1-2H3,(H,19,20). The molecule has 0 aliphatic heterocycles. The van der Waals surface area contributed by atoms with Crippen LogP contribution >= 0.6 is 35.0 Å². The van der Waals surface area contributed by atoms with E-state index < -0.39 is 0 Å². The molecule has 0 saturated carbocycles. The molecule has 2 aromatic rings. The van der Waals surface area contributed by atoms with Gasteiger partial charge in [-0.3, -0.25) is 4.79 Å². The van der Waals surface area contributed by atoms with Crippen LogP contribution in [0.4, 0.5) is 5.69 Å². The largest absolute Gasteiger partial charge is 0.325 e. The molecule has 2 aromatic carbocycles. The van der Waals surface area contributed by atoms with Gasteiger partial charge in [0.25, 0.3) is 0 Å². The number of hydrogen-bond donors (Lipinski definition) is 1. The molecule has 0 aromatic heterocycles. The van der Waals surface area contributed by atoms with E-state index >= 15 is 0 Å². The Balaban J connectivity index is 2.00. The molecule has 0 spiro atoms. The summed E-state index contributed by atoms with van der Waals surface area (Å²) >= 11 is 13.2. The SMILES string of the molecule is Cc1cc(Cl)ccc1NC(=O)C(C)Sc1ccc(Cl)cc1. The minimum absolute atomic E-state index is 0.0413. The molecule has 0 heterocycles. The molecule has 1 atom stereocenters. The molecule has 1 N–H and O–H groups in total. The average Bonchev–Trinajstić information content (AvgIpc) is 2.44. The van der Waals surface area contributed by atoms with E-state index in [0.717, 1.165) is 16.1 Å². The summed E-state index contributed by atoms with van der Waals surface area (Å²) < 4.78 is 0. The van der Waals surface area contributed by atoms with E-state index in [4.69, 9.17) is 23.2 Å². The van der Waals surface area contributed by atoms with Gasteiger partial charge >= 0.3 is 0 Å². The third-order valence-corrected chi connectivity index (χ3v) is 4.54. The highest BCUT2D eigenvalue weighted by Gasteiger charge is 2.15. The first-order valence-corrected chi connectivity index (χ1v) is 8.08. The Labute approximate surface area is 138 Å². The number of rotatable bonds is 4. The first-order valence-electron chi connectivity index (χ1n) is 6.45. The Kier molecular flexibility index (Phi) is 5.57. The van der Waals surface area contributed by atoms with Crippen molar-refractivity contribution in [2.45, 2.75) is 24.0 Å². The summed E-state index contributed by atoms with van der Waals surface area (Å²) in [4.78, 5) is 13.2. The van der Waals surface area contributed by atoms with Crippen LogP contribution in [-0.2, 0) is 4.79 Å². The fourth-order valence-corrected chi connectivity index (χ4v) is 2.99. The van der Waals surface area contributed by atoms with Gasteiger partial charge in [-0.2, -0.15) is 0 Å². The minimum Gasteiger partial charge on any atom is -0.325 e. The van der Waals surface area contributed by atoms with E-state index in [9.17, 15) is 4.79 Å². The Hall–Kier alpha value is -1.16. The number of nitrogens with one attached hydrogen (secondary N) is 1. The van der Waals surface area contributed by atoms with Gasteiger partial charge in [0.15, 0.2) is 0 Å². The van der Waals surface area contributed by atoms with Crippen LogP contribution in [0.25, 0.3) is 0 Å². The normalized spacial score (nSPS) is 12.0. The maximum atomic E-state index is 12.2. The Morgan fingerprint density at radius 2 is 1.71 bits per heavy atom. The molecule has 2 rings (SSSR count). The van der Waals surface area contributed by atoms with Crippen LogP contribution in [0.5, 0.6) is 0 Å². The lowest BCUT2D eigenvalue weighted by atomic mass is 10.2. The van der Waals surface area contributed by atoms with Crippen molar-refractivity contribution in [1.29, 1.82) is 0 Å². The van der Waals surface area contributed by atoms with Crippen molar-refractivity contribution >= 4 is 46.6 Å². The summed E-state index contributed by atoms with van der Waals surface area (Å²) in [7, 11) is 0. The topological polar surface area (TPSA) is 29.1 Å². The number of amides is 1. The minimum atomic E-state index is -0.207. The summed E-state index contributed by atoms with van der Waals surface area (Å²) in [5.74, 6) is -0.0413. The van der Waals surface area contributed by atoms with Crippen LogP contribution in [-0.4, -0.2) is 11.2 Å². The van der Waals surface area contributed by atoms with Crippen LogP contribution in [0.15, 0.2) is 47.4 Å². The molecular formula is C16H15Cl2NOS. The van der Waals surface area contributed by atoms with Crippen LogP contribution in [0.1, 0.15) is 12.5 Å². The number of halogens is 2. The number of anilines is 1. The van der Waals surface area contributed by atoms with Crippen LogP contribution in [0.3, 0.4) is 0 Å². The number of carbonyl (C=O) groups is 1. The van der Waals surface area contributed by atoms with Crippen LogP contribution in [0.2, 0.25) is 10.0 Å². The lowest BCUT2D eigenvalue weighted by molar-refractivity contribution is -0.115. The maximum Gasteiger partial charge on any atom is 0.237 e. The van der Waals surface area contributed by atoms with Gasteiger partial charge < -0.3 is 5.32 Å². The van der Waals surface area contributed by atoms with Crippen molar-refractivity contribution in [2.24, 2.45) is 0 Å². The zero-order valence-corrected chi connectivity index (χ0v) is 14.0. The van der Waals surface area contributed by atoms with E-state index in [1.807, 2.05) is 50.2 Å². The zero-order valence-electron chi connectivity index (χ0n) is 11.7. The molecule has 1 amide bonds. The smallest absolute Gasteiger partial charge is 0.237 e. The van der Waals surface area contributed by atoms with Crippen molar-refractivity contribution in [2.75, 3.05) is 5.32 Å². The number of hydrogen-bond acceptors (Lipinski definition) is 2. The number of aryl methyl sites for hydroxylation is 1. The molecule has 0 bridgehead atoms. The summed E-state index contributed by atoms with van der Waals surface area (Å²) in [6.45, 7) is 3.79. The molecule has 110 valence electrons. The summed E-state index contributed by atoms with van der Waals surface area (Å²) in [5, 5.41) is 4.07. The fourth-order valence-electron chi connectivity index (χ4n) is 1.77. The number of benzene rings is 2. The lowest BCUT2D eigenvalue weighted by Gasteiger charge is -2.13. The molecular weight excluding hydrogens is 325 g/mol. The summed E-state index contributed by atoms with van der Waals surface area (Å²) in [6, 6.07) is 12.9. The third-order valence-electron chi connectivity index (χ3n) is 2.94. The Bertz CT molecular complexity index is 643. The predicted molar refractivity (Wildman–Crippen MR) is 91.6 cm³/mol. The second-order valence-electron chi connectivity index (χ2n) is 4.66. The Morgan fingerprint density at radius 1 is 1.10 bits per heavy atom.